The Bertz CT molecular complexity index is 267. The van der Waals surface area contributed by atoms with E-state index < -0.39 is 0 Å². The van der Waals surface area contributed by atoms with Gasteiger partial charge >= 0.3 is 0 Å². The number of aromatic hydroxyl groups is 2. The van der Waals surface area contributed by atoms with Crippen molar-refractivity contribution in [1.29, 1.82) is 0 Å². The molecule has 1 rings (SSSR count). The molecule has 1 aromatic rings. The van der Waals surface area contributed by atoms with Gasteiger partial charge in [-0.15, -0.1) is 0 Å². The predicted octanol–water partition coefficient (Wildman–Crippen LogP) is 2.05. The van der Waals surface area contributed by atoms with Gasteiger partial charge < -0.3 is 10.2 Å². The summed E-state index contributed by atoms with van der Waals surface area (Å²) in [5.74, 6) is 0.142. The van der Waals surface area contributed by atoms with Crippen LogP contribution < -0.4 is 0 Å². The Morgan fingerprint density at radius 1 is 1.36 bits per heavy atom. The van der Waals surface area contributed by atoms with Crippen LogP contribution in [-0.2, 0) is 0 Å². The van der Waals surface area contributed by atoms with Crippen molar-refractivity contribution in [3.05, 3.63) is 29.8 Å². The molecule has 0 spiro atoms. The Labute approximate surface area is 65.4 Å². The van der Waals surface area contributed by atoms with Gasteiger partial charge in [-0.05, 0) is 18.6 Å². The number of aryl methyl sites for hydroxylation is 1. The average Bonchev–Trinajstić information content (AvgIpc) is 1.85. The first kappa shape index (κ1) is 7.66. The lowest BCUT2D eigenvalue weighted by atomic mass is 10.1. The second-order valence-corrected chi connectivity index (χ2v) is 2.40. The third-order valence-corrected chi connectivity index (χ3v) is 1.55. The molecule has 0 saturated heterocycles. The van der Waals surface area contributed by atoms with Crippen LogP contribution in [-0.4, -0.2) is 10.2 Å². The summed E-state index contributed by atoms with van der Waals surface area (Å²) in [6, 6.07) is 2.88. The SMILES string of the molecule is C=Cc1c(C)cc(O)cc1O. The van der Waals surface area contributed by atoms with Crippen LogP contribution >= 0.6 is 0 Å². The molecule has 0 amide bonds. The molecule has 0 aromatic heterocycles. The molecule has 0 aliphatic rings. The normalized spacial score (nSPS) is 9.55. The first-order valence-corrected chi connectivity index (χ1v) is 3.30. The number of rotatable bonds is 1. The van der Waals surface area contributed by atoms with Crippen molar-refractivity contribution in [1.82, 2.24) is 0 Å². The molecule has 1 aromatic carbocycles. The van der Waals surface area contributed by atoms with E-state index in [4.69, 9.17) is 5.11 Å². The van der Waals surface area contributed by atoms with E-state index in [2.05, 4.69) is 6.58 Å². The third kappa shape index (κ3) is 1.34. The number of hydrogen-bond donors (Lipinski definition) is 2. The minimum absolute atomic E-state index is 0.0671. The summed E-state index contributed by atoms with van der Waals surface area (Å²) in [7, 11) is 0. The molecule has 2 N–H and O–H groups in total. The van der Waals surface area contributed by atoms with Crippen LogP contribution in [0.5, 0.6) is 11.5 Å². The second-order valence-electron chi connectivity index (χ2n) is 2.40. The van der Waals surface area contributed by atoms with Crippen LogP contribution in [0.25, 0.3) is 6.08 Å². The Kier molecular flexibility index (Phi) is 1.85. The fraction of sp³-hybridized carbons (Fsp3) is 0.111. The fourth-order valence-corrected chi connectivity index (χ4v) is 1.03. The van der Waals surface area contributed by atoms with E-state index >= 15 is 0 Å². The van der Waals surface area contributed by atoms with Gasteiger partial charge in [0.15, 0.2) is 0 Å². The molecule has 0 saturated carbocycles. The monoisotopic (exact) mass is 150 g/mol. The van der Waals surface area contributed by atoms with Gasteiger partial charge in [-0.25, -0.2) is 0 Å². The van der Waals surface area contributed by atoms with Gasteiger partial charge in [0.2, 0.25) is 0 Å². The minimum atomic E-state index is 0.0671. The van der Waals surface area contributed by atoms with Crippen molar-refractivity contribution >= 4 is 6.08 Å². The zero-order chi connectivity index (χ0) is 8.43. The van der Waals surface area contributed by atoms with Gasteiger partial charge in [0.1, 0.15) is 11.5 Å². The van der Waals surface area contributed by atoms with Crippen LogP contribution in [0.1, 0.15) is 11.1 Å². The average molecular weight is 150 g/mol. The Morgan fingerprint density at radius 2 is 2.00 bits per heavy atom. The van der Waals surface area contributed by atoms with E-state index in [0.29, 0.717) is 5.56 Å². The van der Waals surface area contributed by atoms with Gasteiger partial charge in [-0.3, -0.25) is 0 Å². The maximum atomic E-state index is 9.24. The zero-order valence-electron chi connectivity index (χ0n) is 6.33. The second kappa shape index (κ2) is 2.66. The topological polar surface area (TPSA) is 40.5 Å². The molecular weight excluding hydrogens is 140 g/mol. The van der Waals surface area contributed by atoms with Crippen molar-refractivity contribution in [3.63, 3.8) is 0 Å². The maximum absolute atomic E-state index is 9.24. The molecule has 58 valence electrons. The van der Waals surface area contributed by atoms with E-state index in [1.165, 1.54) is 6.07 Å². The standard InChI is InChI=1S/C9H10O2/c1-3-8-6(2)4-7(10)5-9(8)11/h3-5,10-11H,1H2,2H3. The van der Waals surface area contributed by atoms with Crippen LogP contribution in [0.2, 0.25) is 0 Å². The van der Waals surface area contributed by atoms with Crippen LogP contribution in [0, 0.1) is 6.92 Å². The van der Waals surface area contributed by atoms with E-state index in [1.807, 2.05) is 0 Å². The van der Waals surface area contributed by atoms with Crippen molar-refractivity contribution in [3.8, 4) is 11.5 Å². The lowest BCUT2D eigenvalue weighted by Gasteiger charge is -2.03. The van der Waals surface area contributed by atoms with Crippen LogP contribution in [0.3, 0.4) is 0 Å². The predicted molar refractivity (Wildman–Crippen MR) is 44.6 cm³/mol. The maximum Gasteiger partial charge on any atom is 0.126 e. The molecule has 0 aliphatic heterocycles. The Hall–Kier alpha value is -1.44. The highest BCUT2D eigenvalue weighted by atomic mass is 16.3. The first-order valence-electron chi connectivity index (χ1n) is 3.30. The van der Waals surface area contributed by atoms with Crippen molar-refractivity contribution in [2.24, 2.45) is 0 Å². The molecule has 0 atom stereocenters. The summed E-state index contributed by atoms with van der Waals surface area (Å²) in [5.41, 5.74) is 1.49. The highest BCUT2D eigenvalue weighted by molar-refractivity contribution is 5.61. The molecule has 2 nitrogen and oxygen atoms in total. The van der Waals surface area contributed by atoms with E-state index in [-0.39, 0.29) is 11.5 Å². The van der Waals surface area contributed by atoms with Gasteiger partial charge in [0.05, 0.1) is 0 Å². The van der Waals surface area contributed by atoms with Gasteiger partial charge in [-0.2, -0.15) is 0 Å². The summed E-state index contributed by atoms with van der Waals surface area (Å²) >= 11 is 0. The molecule has 0 radical (unpaired) electrons. The first-order chi connectivity index (χ1) is 5.15. The lowest BCUT2D eigenvalue weighted by Crippen LogP contribution is -1.80. The highest BCUT2D eigenvalue weighted by Crippen LogP contribution is 2.26. The molecule has 0 heterocycles. The largest absolute Gasteiger partial charge is 0.508 e. The molecule has 0 aliphatic carbocycles. The summed E-state index contributed by atoms with van der Waals surface area (Å²) in [5, 5.41) is 18.3. The number of benzene rings is 1. The highest BCUT2D eigenvalue weighted by Gasteiger charge is 2.02. The summed E-state index contributed by atoms with van der Waals surface area (Å²) < 4.78 is 0. The number of phenols is 2. The molecule has 0 bridgehead atoms. The minimum Gasteiger partial charge on any atom is -0.508 e. The summed E-state index contributed by atoms with van der Waals surface area (Å²) in [6.07, 6.45) is 1.56. The molecule has 11 heavy (non-hydrogen) atoms. The number of phenolic OH excluding ortho intramolecular Hbond substituents is 2. The van der Waals surface area contributed by atoms with E-state index in [1.54, 1.807) is 19.1 Å². The number of hydrogen-bond acceptors (Lipinski definition) is 2. The van der Waals surface area contributed by atoms with E-state index in [9.17, 15) is 5.11 Å². The quantitative estimate of drug-likeness (QED) is 0.643. The Morgan fingerprint density at radius 3 is 2.45 bits per heavy atom. The summed E-state index contributed by atoms with van der Waals surface area (Å²) in [4.78, 5) is 0. The van der Waals surface area contributed by atoms with Crippen molar-refractivity contribution < 1.29 is 10.2 Å². The van der Waals surface area contributed by atoms with Gasteiger partial charge in [0.25, 0.3) is 0 Å². The summed E-state index contributed by atoms with van der Waals surface area (Å²) in [6.45, 7) is 5.34. The smallest absolute Gasteiger partial charge is 0.126 e. The Balaban J connectivity index is 3.36. The molecule has 0 unspecified atom stereocenters. The van der Waals surface area contributed by atoms with Crippen LogP contribution in [0.4, 0.5) is 0 Å². The van der Waals surface area contributed by atoms with Gasteiger partial charge in [0, 0.05) is 11.6 Å². The van der Waals surface area contributed by atoms with Crippen molar-refractivity contribution in [2.45, 2.75) is 6.92 Å². The fourth-order valence-electron chi connectivity index (χ4n) is 1.03. The molecule has 2 heteroatoms. The molecular formula is C9H10O2. The van der Waals surface area contributed by atoms with Crippen LogP contribution in [0.15, 0.2) is 18.7 Å². The molecule has 0 fully saturated rings. The van der Waals surface area contributed by atoms with Gasteiger partial charge in [-0.1, -0.05) is 12.7 Å². The van der Waals surface area contributed by atoms with E-state index in [0.717, 1.165) is 5.56 Å². The lowest BCUT2D eigenvalue weighted by molar-refractivity contribution is 0.449. The zero-order valence-corrected chi connectivity index (χ0v) is 6.33. The van der Waals surface area contributed by atoms with Crippen molar-refractivity contribution in [2.75, 3.05) is 0 Å². The third-order valence-electron chi connectivity index (χ3n) is 1.55.